The summed E-state index contributed by atoms with van der Waals surface area (Å²) in [5, 5.41) is 0. The minimum Gasteiger partial charge on any atom is -0.381 e. The van der Waals surface area contributed by atoms with Crippen LogP contribution < -0.4 is 0 Å². The Kier molecular flexibility index (Phi) is 1.56. The summed E-state index contributed by atoms with van der Waals surface area (Å²) in [7, 11) is 3.94. The molecule has 50 valence electrons. The molecule has 0 saturated heterocycles. The lowest BCUT2D eigenvalue weighted by molar-refractivity contribution is -0.105. The van der Waals surface area contributed by atoms with Crippen molar-refractivity contribution in [1.82, 2.24) is 4.90 Å². The summed E-state index contributed by atoms with van der Waals surface area (Å²) < 4.78 is 0. The fraction of sp³-hybridized carbons (Fsp3) is 0.571. The van der Waals surface area contributed by atoms with Gasteiger partial charge in [-0.25, -0.2) is 0 Å². The van der Waals surface area contributed by atoms with Crippen LogP contribution in [0.15, 0.2) is 11.3 Å². The molecule has 9 heavy (non-hydrogen) atoms. The fourth-order valence-corrected chi connectivity index (χ4v) is 1.02. The average Bonchev–Trinajstić information content (AvgIpc) is 1.61. The lowest BCUT2D eigenvalue weighted by atomic mass is 9.95. The third-order valence-electron chi connectivity index (χ3n) is 1.68. The van der Waals surface area contributed by atoms with Crippen molar-refractivity contribution < 1.29 is 4.79 Å². The second-order valence-electron chi connectivity index (χ2n) is 2.48. The second-order valence-corrected chi connectivity index (χ2v) is 2.48. The monoisotopic (exact) mass is 125 g/mol. The first-order valence-corrected chi connectivity index (χ1v) is 3.10. The summed E-state index contributed by atoms with van der Waals surface area (Å²) in [6, 6.07) is 0. The topological polar surface area (TPSA) is 20.3 Å². The molecule has 0 aliphatic heterocycles. The summed E-state index contributed by atoms with van der Waals surface area (Å²) in [5.74, 6) is 0. The second kappa shape index (κ2) is 2.21. The highest BCUT2D eigenvalue weighted by Crippen LogP contribution is 2.26. The molecule has 0 bridgehead atoms. The normalized spacial score (nSPS) is 17.1. The first-order chi connectivity index (χ1) is 4.25. The number of hydrogen-bond acceptors (Lipinski definition) is 2. The van der Waals surface area contributed by atoms with E-state index in [0.717, 1.165) is 24.7 Å². The van der Waals surface area contributed by atoms with E-state index in [1.165, 1.54) is 5.70 Å². The molecular formula is C7H11NO. The van der Waals surface area contributed by atoms with E-state index in [1.54, 1.807) is 0 Å². The molecule has 0 aromatic carbocycles. The van der Waals surface area contributed by atoms with Gasteiger partial charge in [-0.1, -0.05) is 0 Å². The van der Waals surface area contributed by atoms with Crippen molar-refractivity contribution in [2.45, 2.75) is 12.8 Å². The molecular weight excluding hydrogens is 114 g/mol. The summed E-state index contributed by atoms with van der Waals surface area (Å²) in [6.07, 6.45) is 3.00. The number of nitrogens with zero attached hydrogens (tertiary/aromatic N) is 1. The summed E-state index contributed by atoms with van der Waals surface area (Å²) in [4.78, 5) is 12.2. The lowest BCUT2D eigenvalue weighted by Gasteiger charge is -2.26. The largest absolute Gasteiger partial charge is 0.381 e. The van der Waals surface area contributed by atoms with Crippen LogP contribution in [-0.2, 0) is 4.79 Å². The average molecular weight is 125 g/mol. The van der Waals surface area contributed by atoms with E-state index in [4.69, 9.17) is 0 Å². The molecule has 0 radical (unpaired) electrons. The summed E-state index contributed by atoms with van der Waals surface area (Å²) in [6.45, 7) is 0. The molecule has 0 unspecified atom stereocenters. The molecule has 0 saturated carbocycles. The third-order valence-corrected chi connectivity index (χ3v) is 1.68. The molecule has 0 spiro atoms. The summed E-state index contributed by atoms with van der Waals surface area (Å²) in [5.41, 5.74) is 2.17. The van der Waals surface area contributed by atoms with Crippen LogP contribution in [0.4, 0.5) is 0 Å². The van der Waals surface area contributed by atoms with Crippen LogP contribution in [0.5, 0.6) is 0 Å². The van der Waals surface area contributed by atoms with Crippen LogP contribution in [0.3, 0.4) is 0 Å². The van der Waals surface area contributed by atoms with Crippen molar-refractivity contribution >= 4 is 6.29 Å². The zero-order valence-corrected chi connectivity index (χ0v) is 5.85. The van der Waals surface area contributed by atoms with Gasteiger partial charge in [-0.2, -0.15) is 0 Å². The van der Waals surface area contributed by atoms with Gasteiger partial charge in [-0.3, -0.25) is 4.79 Å². The van der Waals surface area contributed by atoms with Crippen LogP contribution in [0.2, 0.25) is 0 Å². The van der Waals surface area contributed by atoms with Crippen molar-refractivity contribution in [2.24, 2.45) is 0 Å². The molecule has 1 rings (SSSR count). The van der Waals surface area contributed by atoms with Crippen molar-refractivity contribution in [1.29, 1.82) is 0 Å². The number of allylic oxidation sites excluding steroid dienone is 2. The summed E-state index contributed by atoms with van der Waals surface area (Å²) >= 11 is 0. The molecule has 2 nitrogen and oxygen atoms in total. The fourth-order valence-electron chi connectivity index (χ4n) is 1.02. The molecule has 0 N–H and O–H groups in total. The van der Waals surface area contributed by atoms with Crippen LogP contribution in [0.25, 0.3) is 0 Å². The maximum absolute atomic E-state index is 10.2. The van der Waals surface area contributed by atoms with E-state index in [-0.39, 0.29) is 0 Å². The van der Waals surface area contributed by atoms with Crippen molar-refractivity contribution in [2.75, 3.05) is 14.1 Å². The number of hydrogen-bond donors (Lipinski definition) is 0. The quantitative estimate of drug-likeness (QED) is 0.509. The Bertz CT molecular complexity index is 158. The van der Waals surface area contributed by atoms with Gasteiger partial charge >= 0.3 is 0 Å². The highest BCUT2D eigenvalue weighted by atomic mass is 16.1. The van der Waals surface area contributed by atoms with Gasteiger partial charge in [0.25, 0.3) is 0 Å². The van der Waals surface area contributed by atoms with E-state index in [0.29, 0.717) is 0 Å². The lowest BCUT2D eigenvalue weighted by Crippen LogP contribution is -2.20. The standard InChI is InChI=1S/C7H11NO/c1-8(2)7-4-3-6(7)5-9/h5H,3-4H2,1-2H3. The van der Waals surface area contributed by atoms with Crippen LogP contribution >= 0.6 is 0 Å². The van der Waals surface area contributed by atoms with Gasteiger partial charge in [0.05, 0.1) is 0 Å². The molecule has 1 aliphatic carbocycles. The molecule has 1 aliphatic rings. The highest BCUT2D eigenvalue weighted by molar-refractivity contribution is 5.76. The van der Waals surface area contributed by atoms with E-state index in [9.17, 15) is 4.79 Å². The Morgan fingerprint density at radius 2 is 2.11 bits per heavy atom. The van der Waals surface area contributed by atoms with Gasteiger partial charge in [-0.15, -0.1) is 0 Å². The number of carbonyl (C=O) groups is 1. The minimum atomic E-state index is 0.957. The van der Waals surface area contributed by atoms with Crippen molar-refractivity contribution in [3.63, 3.8) is 0 Å². The zero-order valence-electron chi connectivity index (χ0n) is 5.85. The predicted molar refractivity (Wildman–Crippen MR) is 36.0 cm³/mol. The van der Waals surface area contributed by atoms with Crippen molar-refractivity contribution in [3.05, 3.63) is 11.3 Å². The van der Waals surface area contributed by atoms with Crippen LogP contribution in [0.1, 0.15) is 12.8 Å². The highest BCUT2D eigenvalue weighted by Gasteiger charge is 2.17. The van der Waals surface area contributed by atoms with Gasteiger partial charge in [0.1, 0.15) is 6.29 Å². The number of rotatable bonds is 2. The Morgan fingerprint density at radius 1 is 1.44 bits per heavy atom. The maximum atomic E-state index is 10.2. The maximum Gasteiger partial charge on any atom is 0.147 e. The SMILES string of the molecule is CN(C)C1=C(C=O)CC1. The zero-order chi connectivity index (χ0) is 6.85. The molecule has 0 fully saturated rings. The van der Waals surface area contributed by atoms with Gasteiger partial charge in [0.2, 0.25) is 0 Å². The molecule has 0 aromatic heterocycles. The number of aldehydes is 1. The number of carbonyl (C=O) groups excluding carboxylic acids is 1. The van der Waals surface area contributed by atoms with Gasteiger partial charge in [-0.05, 0) is 12.8 Å². The van der Waals surface area contributed by atoms with Crippen LogP contribution in [-0.4, -0.2) is 25.3 Å². The van der Waals surface area contributed by atoms with Crippen molar-refractivity contribution in [3.8, 4) is 0 Å². The first-order valence-electron chi connectivity index (χ1n) is 3.10. The van der Waals surface area contributed by atoms with Gasteiger partial charge in [0.15, 0.2) is 0 Å². The Hall–Kier alpha value is -0.790. The third kappa shape index (κ3) is 0.969. The predicted octanol–water partition coefficient (Wildman–Crippen LogP) is 0.795. The Morgan fingerprint density at radius 3 is 2.22 bits per heavy atom. The molecule has 2 heteroatoms. The van der Waals surface area contributed by atoms with Crippen LogP contribution in [0, 0.1) is 0 Å². The van der Waals surface area contributed by atoms with E-state index in [1.807, 2.05) is 19.0 Å². The van der Waals surface area contributed by atoms with E-state index in [2.05, 4.69) is 0 Å². The molecule has 0 atom stereocenters. The Balaban J connectivity index is 2.69. The van der Waals surface area contributed by atoms with Gasteiger partial charge < -0.3 is 4.90 Å². The van der Waals surface area contributed by atoms with Gasteiger partial charge in [0, 0.05) is 25.4 Å². The van der Waals surface area contributed by atoms with E-state index >= 15 is 0 Å². The minimum absolute atomic E-state index is 0.957. The Labute approximate surface area is 55.2 Å². The first kappa shape index (κ1) is 6.33. The molecule has 0 heterocycles. The smallest absolute Gasteiger partial charge is 0.147 e. The van der Waals surface area contributed by atoms with E-state index < -0.39 is 0 Å². The molecule has 0 aromatic rings. The molecule has 0 amide bonds.